The molecular formula is C17H18N2OS. The molecule has 1 heterocycles. The van der Waals surface area contributed by atoms with E-state index in [4.69, 9.17) is 0 Å². The van der Waals surface area contributed by atoms with Crippen LogP contribution >= 0.6 is 11.3 Å². The number of hydrogen-bond acceptors (Lipinski definition) is 3. The third kappa shape index (κ3) is 3.71. The highest BCUT2D eigenvalue weighted by Crippen LogP contribution is 2.35. The summed E-state index contributed by atoms with van der Waals surface area (Å²) in [6.45, 7) is 6.18. The number of anilines is 1. The van der Waals surface area contributed by atoms with Crippen molar-refractivity contribution in [3.05, 3.63) is 52.4 Å². The monoisotopic (exact) mass is 298 g/mol. The van der Waals surface area contributed by atoms with Crippen LogP contribution in [0.3, 0.4) is 0 Å². The smallest absolute Gasteiger partial charge is 0.229 e. The van der Waals surface area contributed by atoms with E-state index in [1.807, 2.05) is 35.7 Å². The van der Waals surface area contributed by atoms with Crippen LogP contribution in [-0.4, -0.2) is 5.91 Å². The van der Waals surface area contributed by atoms with Gasteiger partial charge >= 0.3 is 0 Å². The maximum Gasteiger partial charge on any atom is 0.229 e. The summed E-state index contributed by atoms with van der Waals surface area (Å²) in [6.07, 6.45) is 0.314. The van der Waals surface area contributed by atoms with E-state index in [2.05, 4.69) is 32.2 Å². The molecule has 1 aromatic heterocycles. The van der Waals surface area contributed by atoms with Gasteiger partial charge in [-0.1, -0.05) is 51.1 Å². The van der Waals surface area contributed by atoms with Crippen molar-refractivity contribution in [2.75, 3.05) is 5.32 Å². The summed E-state index contributed by atoms with van der Waals surface area (Å²) in [6, 6.07) is 11.8. The average molecular weight is 298 g/mol. The number of thiophene rings is 1. The highest BCUT2D eigenvalue weighted by Gasteiger charge is 2.23. The quantitative estimate of drug-likeness (QED) is 0.927. The number of nitriles is 1. The lowest BCUT2D eigenvalue weighted by atomic mass is 9.86. The number of benzene rings is 1. The van der Waals surface area contributed by atoms with Crippen LogP contribution in [0.5, 0.6) is 0 Å². The third-order valence-corrected chi connectivity index (χ3v) is 4.07. The highest BCUT2D eigenvalue weighted by molar-refractivity contribution is 7.14. The zero-order chi connectivity index (χ0) is 15.5. The Balaban J connectivity index is 2.15. The Hall–Kier alpha value is -2.12. The van der Waals surface area contributed by atoms with Gasteiger partial charge in [0.05, 0.1) is 12.0 Å². The Morgan fingerprint density at radius 1 is 1.29 bits per heavy atom. The minimum absolute atomic E-state index is 0.0972. The number of nitrogens with zero attached hydrogens (tertiary/aromatic N) is 1. The molecular weight excluding hydrogens is 280 g/mol. The number of rotatable bonds is 3. The zero-order valence-corrected chi connectivity index (χ0v) is 13.3. The van der Waals surface area contributed by atoms with E-state index in [1.165, 1.54) is 11.3 Å². The molecule has 3 nitrogen and oxygen atoms in total. The largest absolute Gasteiger partial charge is 0.316 e. The van der Waals surface area contributed by atoms with E-state index >= 15 is 0 Å². The van der Waals surface area contributed by atoms with Crippen molar-refractivity contribution in [2.45, 2.75) is 32.6 Å². The van der Waals surface area contributed by atoms with Gasteiger partial charge in [0.2, 0.25) is 5.91 Å². The van der Waals surface area contributed by atoms with Crippen LogP contribution in [0.4, 0.5) is 5.00 Å². The van der Waals surface area contributed by atoms with Crippen LogP contribution in [0, 0.1) is 11.3 Å². The van der Waals surface area contributed by atoms with Gasteiger partial charge in [-0.05, 0) is 21.9 Å². The van der Waals surface area contributed by atoms with Crippen LogP contribution in [-0.2, 0) is 16.6 Å². The maximum atomic E-state index is 12.1. The number of nitrogens with one attached hydrogen (secondary N) is 1. The van der Waals surface area contributed by atoms with Gasteiger partial charge < -0.3 is 5.32 Å². The second kappa shape index (κ2) is 6.11. The summed E-state index contributed by atoms with van der Waals surface area (Å²) in [5.41, 5.74) is 2.41. The molecule has 1 amide bonds. The molecule has 0 spiro atoms. The number of hydrogen-bond donors (Lipinski definition) is 1. The van der Waals surface area contributed by atoms with Gasteiger partial charge in [-0.2, -0.15) is 5.26 Å². The van der Waals surface area contributed by atoms with Crippen LogP contribution in [0.25, 0.3) is 0 Å². The molecule has 0 aliphatic carbocycles. The van der Waals surface area contributed by atoms with Crippen molar-refractivity contribution < 1.29 is 4.79 Å². The first-order valence-corrected chi connectivity index (χ1v) is 7.65. The second-order valence-electron chi connectivity index (χ2n) is 5.93. The van der Waals surface area contributed by atoms with Crippen molar-refractivity contribution in [3.63, 3.8) is 0 Å². The van der Waals surface area contributed by atoms with E-state index in [0.717, 1.165) is 11.1 Å². The van der Waals surface area contributed by atoms with E-state index in [1.54, 1.807) is 0 Å². The first kappa shape index (κ1) is 15.3. The fourth-order valence-electron chi connectivity index (χ4n) is 2.06. The summed E-state index contributed by atoms with van der Waals surface area (Å²) >= 11 is 1.41. The number of amides is 1. The lowest BCUT2D eigenvalue weighted by molar-refractivity contribution is -0.115. The van der Waals surface area contributed by atoms with E-state index < -0.39 is 0 Å². The molecule has 0 radical (unpaired) electrons. The molecule has 4 heteroatoms. The van der Waals surface area contributed by atoms with Crippen molar-refractivity contribution in [3.8, 4) is 6.07 Å². The molecule has 1 aromatic carbocycles. The summed E-state index contributed by atoms with van der Waals surface area (Å²) in [4.78, 5) is 12.1. The minimum atomic E-state index is -0.107. The van der Waals surface area contributed by atoms with Crippen molar-refractivity contribution in [1.82, 2.24) is 0 Å². The Morgan fingerprint density at radius 3 is 2.52 bits per heavy atom. The van der Waals surface area contributed by atoms with E-state index in [0.29, 0.717) is 17.0 Å². The molecule has 0 atom stereocenters. The normalized spacial score (nSPS) is 11.0. The molecule has 0 aliphatic heterocycles. The van der Waals surface area contributed by atoms with Gasteiger partial charge in [0, 0.05) is 0 Å². The molecule has 0 fully saturated rings. The van der Waals surface area contributed by atoms with Crippen molar-refractivity contribution in [1.29, 1.82) is 5.26 Å². The highest BCUT2D eigenvalue weighted by atomic mass is 32.1. The zero-order valence-electron chi connectivity index (χ0n) is 12.4. The molecule has 0 aliphatic rings. The van der Waals surface area contributed by atoms with Crippen LogP contribution in [0.2, 0.25) is 0 Å². The predicted molar refractivity (Wildman–Crippen MR) is 86.5 cm³/mol. The summed E-state index contributed by atoms with van der Waals surface area (Å²) in [5, 5.41) is 14.8. The standard InChI is InChI=1S/C17H18N2OS/c1-17(2,3)14-11-21-16(13(14)10-18)19-15(20)9-12-7-5-4-6-8-12/h4-8,11H,9H2,1-3H3,(H,19,20). The van der Waals surface area contributed by atoms with Gasteiger partial charge in [0.15, 0.2) is 0 Å². The molecule has 2 rings (SSSR count). The summed E-state index contributed by atoms with van der Waals surface area (Å²) < 4.78 is 0. The van der Waals surface area contributed by atoms with Crippen molar-refractivity contribution in [2.24, 2.45) is 0 Å². The lowest BCUT2D eigenvalue weighted by Gasteiger charge is -2.17. The molecule has 0 bridgehead atoms. The van der Waals surface area contributed by atoms with Crippen molar-refractivity contribution >= 4 is 22.2 Å². The Labute approximate surface area is 129 Å². The van der Waals surface area contributed by atoms with E-state index in [-0.39, 0.29) is 11.3 Å². The first-order chi connectivity index (χ1) is 9.91. The summed E-state index contributed by atoms with van der Waals surface area (Å²) in [5.74, 6) is -0.0972. The van der Waals surface area contributed by atoms with Crippen LogP contribution in [0.15, 0.2) is 35.7 Å². The van der Waals surface area contributed by atoms with E-state index in [9.17, 15) is 10.1 Å². The number of carbonyl (C=O) groups is 1. The molecule has 108 valence electrons. The molecule has 0 saturated carbocycles. The molecule has 2 aromatic rings. The first-order valence-electron chi connectivity index (χ1n) is 6.77. The minimum Gasteiger partial charge on any atom is -0.316 e. The maximum absolute atomic E-state index is 12.1. The SMILES string of the molecule is CC(C)(C)c1csc(NC(=O)Cc2ccccc2)c1C#N. The Morgan fingerprint density at radius 2 is 1.95 bits per heavy atom. The van der Waals surface area contributed by atoms with Gasteiger partial charge in [0.25, 0.3) is 0 Å². The number of carbonyl (C=O) groups excluding carboxylic acids is 1. The van der Waals surface area contributed by atoms with Gasteiger partial charge in [0.1, 0.15) is 11.1 Å². The average Bonchev–Trinajstić information content (AvgIpc) is 2.82. The van der Waals surface area contributed by atoms with Gasteiger partial charge in [-0.3, -0.25) is 4.79 Å². The second-order valence-corrected chi connectivity index (χ2v) is 6.81. The topological polar surface area (TPSA) is 52.9 Å². The van der Waals surface area contributed by atoms with Crippen LogP contribution in [0.1, 0.15) is 37.5 Å². The lowest BCUT2D eigenvalue weighted by Crippen LogP contribution is -2.16. The predicted octanol–water partition coefficient (Wildman–Crippen LogP) is 4.10. The molecule has 21 heavy (non-hydrogen) atoms. The molecule has 1 N–H and O–H groups in total. The summed E-state index contributed by atoms with van der Waals surface area (Å²) in [7, 11) is 0. The van der Waals surface area contributed by atoms with Gasteiger partial charge in [-0.15, -0.1) is 11.3 Å². The Kier molecular flexibility index (Phi) is 4.44. The molecule has 0 unspecified atom stereocenters. The van der Waals surface area contributed by atoms with Crippen LogP contribution < -0.4 is 5.32 Å². The molecule has 0 saturated heterocycles. The fraction of sp³-hybridized carbons (Fsp3) is 0.294. The Bertz CT molecular complexity index is 675. The fourth-order valence-corrected chi connectivity index (χ4v) is 3.22. The third-order valence-electron chi connectivity index (χ3n) is 3.17. The van der Waals surface area contributed by atoms with Gasteiger partial charge in [-0.25, -0.2) is 0 Å².